The number of hydrogen-bond acceptors (Lipinski definition) is 2. The first-order chi connectivity index (χ1) is 12.5. The second-order valence-corrected chi connectivity index (χ2v) is 7.06. The third-order valence-corrected chi connectivity index (χ3v) is 5.35. The van der Waals surface area contributed by atoms with E-state index >= 15 is 0 Å². The van der Waals surface area contributed by atoms with Crippen LogP contribution in [0.5, 0.6) is 0 Å². The molecule has 0 heterocycles. The Labute approximate surface area is 164 Å². The zero-order valence-electron chi connectivity index (χ0n) is 15.1. The van der Waals surface area contributed by atoms with E-state index in [0.717, 1.165) is 18.4 Å². The number of halogens is 3. The van der Waals surface area contributed by atoms with E-state index in [-0.39, 0.29) is 30.4 Å². The molecule has 0 saturated heterocycles. The molecule has 0 aliphatic heterocycles. The van der Waals surface area contributed by atoms with E-state index in [4.69, 9.17) is 5.73 Å². The Morgan fingerprint density at radius 1 is 1.04 bits per heavy atom. The normalized spacial score (nSPS) is 15.2. The summed E-state index contributed by atoms with van der Waals surface area (Å²) in [5, 5.41) is 2.89. The average Bonchev–Trinajstić information content (AvgIpc) is 3.09. The van der Waals surface area contributed by atoms with Crippen LogP contribution in [0.4, 0.5) is 14.5 Å². The predicted molar refractivity (Wildman–Crippen MR) is 106 cm³/mol. The molecule has 0 bridgehead atoms. The maximum absolute atomic E-state index is 14.3. The summed E-state index contributed by atoms with van der Waals surface area (Å²) in [4.78, 5) is 12.3. The van der Waals surface area contributed by atoms with Gasteiger partial charge in [-0.15, -0.1) is 12.4 Å². The Bertz CT molecular complexity index is 771. The van der Waals surface area contributed by atoms with Crippen molar-refractivity contribution in [3.63, 3.8) is 0 Å². The van der Waals surface area contributed by atoms with Crippen molar-refractivity contribution in [2.75, 3.05) is 12.3 Å². The Balaban J connectivity index is 0.00000261. The molecule has 3 nitrogen and oxygen atoms in total. The topological polar surface area (TPSA) is 55.1 Å². The number of anilines is 1. The van der Waals surface area contributed by atoms with Gasteiger partial charge in [0.2, 0.25) is 5.91 Å². The van der Waals surface area contributed by atoms with Gasteiger partial charge in [-0.3, -0.25) is 4.79 Å². The third-order valence-electron chi connectivity index (χ3n) is 5.35. The van der Waals surface area contributed by atoms with Crippen molar-refractivity contribution in [2.45, 2.75) is 43.9 Å². The van der Waals surface area contributed by atoms with Gasteiger partial charge in [-0.25, -0.2) is 8.78 Å². The number of nitrogen functional groups attached to an aromatic ring is 1. The molecule has 146 valence electrons. The molecule has 0 aromatic heterocycles. The molecule has 3 rings (SSSR count). The largest absolute Gasteiger partial charge is 0.399 e. The first-order valence-electron chi connectivity index (χ1n) is 9.06. The van der Waals surface area contributed by atoms with Crippen molar-refractivity contribution < 1.29 is 13.6 Å². The Hall–Kier alpha value is -2.14. The van der Waals surface area contributed by atoms with Crippen LogP contribution in [0, 0.1) is 11.6 Å². The van der Waals surface area contributed by atoms with Crippen LogP contribution in [0.15, 0.2) is 42.5 Å². The van der Waals surface area contributed by atoms with Gasteiger partial charge in [0.25, 0.3) is 0 Å². The van der Waals surface area contributed by atoms with E-state index in [1.807, 2.05) is 24.3 Å². The van der Waals surface area contributed by atoms with Gasteiger partial charge in [0, 0.05) is 29.6 Å². The summed E-state index contributed by atoms with van der Waals surface area (Å²) < 4.78 is 28.6. The lowest BCUT2D eigenvalue weighted by molar-refractivity contribution is -0.121. The quantitative estimate of drug-likeness (QED) is 0.707. The van der Waals surface area contributed by atoms with Crippen molar-refractivity contribution >= 4 is 24.0 Å². The minimum atomic E-state index is -0.656. The number of aryl methyl sites for hydroxylation is 1. The fourth-order valence-corrected chi connectivity index (χ4v) is 3.94. The predicted octanol–water partition coefficient (Wildman–Crippen LogP) is 4.53. The van der Waals surface area contributed by atoms with E-state index < -0.39 is 17.0 Å². The first-order valence-corrected chi connectivity index (χ1v) is 9.06. The van der Waals surface area contributed by atoms with Crippen LogP contribution in [0.25, 0.3) is 0 Å². The van der Waals surface area contributed by atoms with Gasteiger partial charge in [-0.05, 0) is 43.0 Å². The number of carbonyl (C=O) groups excluding carboxylic acids is 1. The number of carbonyl (C=O) groups is 1. The summed E-state index contributed by atoms with van der Waals surface area (Å²) in [6, 6.07) is 11.4. The van der Waals surface area contributed by atoms with Gasteiger partial charge < -0.3 is 11.1 Å². The number of amides is 1. The summed E-state index contributed by atoms with van der Waals surface area (Å²) >= 11 is 0. The highest BCUT2D eigenvalue weighted by molar-refractivity contribution is 5.85. The molecule has 2 aromatic carbocycles. The van der Waals surface area contributed by atoms with Gasteiger partial charge in [0.05, 0.1) is 0 Å². The number of nitrogens with one attached hydrogen (secondary N) is 1. The fourth-order valence-electron chi connectivity index (χ4n) is 3.94. The van der Waals surface area contributed by atoms with Gasteiger partial charge in [-0.1, -0.05) is 37.1 Å². The molecule has 6 heteroatoms. The number of hydrogen-bond donors (Lipinski definition) is 2. The van der Waals surface area contributed by atoms with Crippen LogP contribution in [-0.2, 0) is 16.6 Å². The zero-order valence-corrected chi connectivity index (χ0v) is 16.0. The molecule has 0 atom stereocenters. The van der Waals surface area contributed by atoms with Gasteiger partial charge >= 0.3 is 0 Å². The molecule has 1 aliphatic carbocycles. The number of rotatable bonds is 6. The molecule has 1 fully saturated rings. The summed E-state index contributed by atoms with van der Waals surface area (Å²) in [6.07, 6.45) is 4.01. The Morgan fingerprint density at radius 3 is 2.30 bits per heavy atom. The van der Waals surface area contributed by atoms with Gasteiger partial charge in [0.15, 0.2) is 0 Å². The highest BCUT2D eigenvalue weighted by atomic mass is 35.5. The Kier molecular flexibility index (Phi) is 7.19. The first kappa shape index (κ1) is 21.2. The minimum Gasteiger partial charge on any atom is -0.399 e. The maximum Gasteiger partial charge on any atom is 0.220 e. The molecule has 2 aromatic rings. The molecule has 1 amide bonds. The molecule has 0 spiro atoms. The van der Waals surface area contributed by atoms with E-state index in [2.05, 4.69) is 5.32 Å². The van der Waals surface area contributed by atoms with E-state index in [1.54, 1.807) is 0 Å². The zero-order chi connectivity index (χ0) is 18.6. The Morgan fingerprint density at radius 2 is 1.67 bits per heavy atom. The lowest BCUT2D eigenvalue weighted by atomic mass is 9.78. The van der Waals surface area contributed by atoms with E-state index in [1.165, 1.54) is 18.2 Å². The highest BCUT2D eigenvalue weighted by Crippen LogP contribution is 2.42. The summed E-state index contributed by atoms with van der Waals surface area (Å²) in [6.45, 7) is 0.258. The lowest BCUT2D eigenvalue weighted by Crippen LogP contribution is -2.40. The van der Waals surface area contributed by atoms with E-state index in [9.17, 15) is 13.6 Å². The minimum absolute atomic E-state index is 0. The van der Waals surface area contributed by atoms with Gasteiger partial charge in [0.1, 0.15) is 11.6 Å². The molecule has 0 unspecified atom stereocenters. The SMILES string of the molecule is Cl.Nc1ccccc1CCC(=O)NCC1(c2c(F)cccc2F)CCCC1. The molecule has 1 aliphatic rings. The van der Waals surface area contributed by atoms with Crippen molar-refractivity contribution in [1.29, 1.82) is 0 Å². The molecular formula is C21H25ClF2N2O. The maximum atomic E-state index is 14.3. The molecule has 3 N–H and O–H groups in total. The highest BCUT2D eigenvalue weighted by Gasteiger charge is 2.40. The van der Waals surface area contributed by atoms with E-state index in [0.29, 0.717) is 31.4 Å². The van der Waals surface area contributed by atoms with Crippen molar-refractivity contribution in [3.8, 4) is 0 Å². The molecular weight excluding hydrogens is 370 g/mol. The third kappa shape index (κ3) is 4.78. The van der Waals surface area contributed by atoms with Crippen LogP contribution in [0.1, 0.15) is 43.2 Å². The van der Waals surface area contributed by atoms with Crippen LogP contribution in [0.3, 0.4) is 0 Å². The van der Waals surface area contributed by atoms with Crippen LogP contribution in [-0.4, -0.2) is 12.5 Å². The molecule has 27 heavy (non-hydrogen) atoms. The second kappa shape index (κ2) is 9.18. The lowest BCUT2D eigenvalue weighted by Gasteiger charge is -2.30. The molecule has 1 saturated carbocycles. The summed E-state index contributed by atoms with van der Waals surface area (Å²) in [5.74, 6) is -1.19. The van der Waals surface area contributed by atoms with Gasteiger partial charge in [-0.2, -0.15) is 0 Å². The van der Waals surface area contributed by atoms with Crippen LogP contribution in [0.2, 0.25) is 0 Å². The van der Waals surface area contributed by atoms with Crippen molar-refractivity contribution in [3.05, 3.63) is 65.2 Å². The summed E-state index contributed by atoms with van der Waals surface area (Å²) in [7, 11) is 0. The monoisotopic (exact) mass is 394 g/mol. The van der Waals surface area contributed by atoms with Crippen LogP contribution < -0.4 is 11.1 Å². The standard InChI is InChI=1S/C21H24F2N2O.ClH/c22-16-7-5-8-17(23)20(16)21(12-3-4-13-21)14-25-19(26)11-10-15-6-1-2-9-18(15)24;/h1-2,5-9H,3-4,10-14,24H2,(H,25,26);1H. The summed E-state index contributed by atoms with van der Waals surface area (Å²) in [5.41, 5.74) is 6.95. The molecule has 0 radical (unpaired) electrons. The van der Waals surface area contributed by atoms with Crippen molar-refractivity contribution in [2.24, 2.45) is 0 Å². The number of para-hydroxylation sites is 1. The number of benzene rings is 2. The number of nitrogens with two attached hydrogens (primary N) is 1. The second-order valence-electron chi connectivity index (χ2n) is 7.06. The fraction of sp³-hybridized carbons (Fsp3) is 0.381. The smallest absolute Gasteiger partial charge is 0.220 e. The van der Waals surface area contributed by atoms with Crippen molar-refractivity contribution in [1.82, 2.24) is 5.32 Å². The van der Waals surface area contributed by atoms with Crippen LogP contribution >= 0.6 is 12.4 Å². The average molecular weight is 395 g/mol.